The summed E-state index contributed by atoms with van der Waals surface area (Å²) in [6.45, 7) is 6.79. The smallest absolute Gasteiger partial charge is 0.180 e. The van der Waals surface area contributed by atoms with Crippen LogP contribution in [0.3, 0.4) is 0 Å². The summed E-state index contributed by atoms with van der Waals surface area (Å²) in [5, 5.41) is 4.62. The highest BCUT2D eigenvalue weighted by molar-refractivity contribution is 7.05. The van der Waals surface area contributed by atoms with Crippen molar-refractivity contribution in [3.63, 3.8) is 0 Å². The molecule has 3 nitrogen and oxygen atoms in total. The van der Waals surface area contributed by atoms with Crippen LogP contribution in [0.1, 0.15) is 26.3 Å². The zero-order valence-corrected chi connectivity index (χ0v) is 15.8. The van der Waals surface area contributed by atoms with E-state index in [0.29, 0.717) is 0 Å². The number of aromatic nitrogens is 3. The number of pyridine rings is 1. The summed E-state index contributed by atoms with van der Waals surface area (Å²) in [6, 6.07) is 19.4. The molecule has 0 spiro atoms. The maximum absolute atomic E-state index is 4.86. The Hall–Kier alpha value is -2.72. The molecular weight excluding hydrogens is 338 g/mol. The molecule has 0 aliphatic rings. The van der Waals surface area contributed by atoms with Crippen molar-refractivity contribution in [2.24, 2.45) is 0 Å². The van der Waals surface area contributed by atoms with Gasteiger partial charge in [0.2, 0.25) is 0 Å². The van der Waals surface area contributed by atoms with Gasteiger partial charge in [-0.25, -0.2) is 13.8 Å². The van der Waals surface area contributed by atoms with Gasteiger partial charge in [0.25, 0.3) is 0 Å². The molecule has 0 aliphatic heterocycles. The molecule has 26 heavy (non-hydrogen) atoms. The van der Waals surface area contributed by atoms with Gasteiger partial charge in [-0.15, -0.1) is 0 Å². The monoisotopic (exact) mass is 357 g/mol. The highest BCUT2D eigenvalue weighted by Crippen LogP contribution is 2.34. The molecular formula is C22H19N3S. The topological polar surface area (TPSA) is 30.2 Å². The van der Waals surface area contributed by atoms with Crippen LogP contribution in [0.5, 0.6) is 0 Å². The molecule has 0 fully saturated rings. The zero-order valence-electron chi connectivity index (χ0n) is 15.0. The van der Waals surface area contributed by atoms with E-state index in [1.165, 1.54) is 16.3 Å². The van der Waals surface area contributed by atoms with E-state index in [1.807, 2.05) is 6.07 Å². The van der Waals surface area contributed by atoms with Gasteiger partial charge in [0.15, 0.2) is 5.65 Å². The average molecular weight is 357 g/mol. The summed E-state index contributed by atoms with van der Waals surface area (Å²) in [7, 11) is 0. The third kappa shape index (κ3) is 2.33. The van der Waals surface area contributed by atoms with Crippen molar-refractivity contribution in [2.45, 2.75) is 26.2 Å². The molecule has 0 radical (unpaired) electrons. The van der Waals surface area contributed by atoms with Crippen LogP contribution >= 0.6 is 11.5 Å². The van der Waals surface area contributed by atoms with Crippen LogP contribution in [-0.2, 0) is 5.41 Å². The molecule has 0 saturated heterocycles. The van der Waals surface area contributed by atoms with Crippen molar-refractivity contribution in [1.82, 2.24) is 13.8 Å². The van der Waals surface area contributed by atoms with E-state index in [9.17, 15) is 0 Å². The Morgan fingerprint density at radius 3 is 2.62 bits per heavy atom. The van der Waals surface area contributed by atoms with Crippen molar-refractivity contribution in [3.8, 4) is 11.3 Å². The first kappa shape index (κ1) is 15.5. The number of fused-ring (bicyclic) bond motifs is 4. The van der Waals surface area contributed by atoms with Crippen molar-refractivity contribution in [1.29, 1.82) is 0 Å². The first-order valence-electron chi connectivity index (χ1n) is 8.77. The van der Waals surface area contributed by atoms with E-state index < -0.39 is 0 Å². The van der Waals surface area contributed by atoms with Crippen LogP contribution in [0, 0.1) is 0 Å². The Labute approximate surface area is 156 Å². The highest BCUT2D eigenvalue weighted by atomic mass is 32.1. The molecule has 0 amide bonds. The van der Waals surface area contributed by atoms with E-state index >= 15 is 0 Å². The number of nitrogens with zero attached hydrogens (tertiary/aromatic N) is 3. The minimum atomic E-state index is 0.0662. The Morgan fingerprint density at radius 2 is 1.77 bits per heavy atom. The fourth-order valence-electron chi connectivity index (χ4n) is 3.57. The van der Waals surface area contributed by atoms with Crippen molar-refractivity contribution in [3.05, 3.63) is 65.5 Å². The summed E-state index contributed by atoms with van der Waals surface area (Å²) in [4.78, 5) is 9.52. The van der Waals surface area contributed by atoms with Crippen molar-refractivity contribution >= 4 is 39.1 Å². The third-order valence-electron chi connectivity index (χ3n) is 4.85. The molecule has 2 aromatic carbocycles. The quantitative estimate of drug-likeness (QED) is 0.365. The van der Waals surface area contributed by atoms with Crippen LogP contribution < -0.4 is 0 Å². The predicted molar refractivity (Wildman–Crippen MR) is 110 cm³/mol. The van der Waals surface area contributed by atoms with Gasteiger partial charge in [-0.05, 0) is 52.1 Å². The minimum absolute atomic E-state index is 0.0662. The van der Waals surface area contributed by atoms with E-state index in [4.69, 9.17) is 4.98 Å². The average Bonchev–Trinajstić information content (AvgIpc) is 3.20. The highest BCUT2D eigenvalue weighted by Gasteiger charge is 2.19. The molecule has 5 rings (SSSR count). The van der Waals surface area contributed by atoms with Crippen LogP contribution in [0.15, 0.2) is 60.0 Å². The Balaban J connectivity index is 1.76. The first-order chi connectivity index (χ1) is 12.5. The summed E-state index contributed by atoms with van der Waals surface area (Å²) >= 11 is 1.65. The molecule has 0 unspecified atom stereocenters. The molecule has 4 heteroatoms. The predicted octanol–water partition coefficient (Wildman–Crippen LogP) is 6.06. The maximum Gasteiger partial charge on any atom is 0.180 e. The molecule has 0 atom stereocenters. The summed E-state index contributed by atoms with van der Waals surface area (Å²) in [5.74, 6) is 0. The van der Waals surface area contributed by atoms with Crippen LogP contribution in [0.4, 0.5) is 0 Å². The molecule has 0 bridgehead atoms. The molecule has 3 aromatic heterocycles. The minimum Gasteiger partial charge on any atom is -0.245 e. The van der Waals surface area contributed by atoms with Crippen molar-refractivity contribution in [2.75, 3.05) is 0 Å². The summed E-state index contributed by atoms with van der Waals surface area (Å²) in [6.07, 6.45) is 0. The van der Waals surface area contributed by atoms with Crippen molar-refractivity contribution < 1.29 is 0 Å². The summed E-state index contributed by atoms with van der Waals surface area (Å²) < 4.78 is 2.12. The molecule has 0 N–H and O–H groups in total. The maximum atomic E-state index is 4.86. The van der Waals surface area contributed by atoms with Gasteiger partial charge in [0, 0.05) is 10.9 Å². The Bertz CT molecular complexity index is 1270. The molecule has 0 aliphatic carbocycles. The van der Waals surface area contributed by atoms with Gasteiger partial charge in [-0.3, -0.25) is 0 Å². The third-order valence-corrected chi connectivity index (χ3v) is 5.70. The second-order valence-corrected chi connectivity index (χ2v) is 8.55. The number of imidazole rings is 1. The number of hydrogen-bond donors (Lipinski definition) is 0. The second-order valence-electron chi connectivity index (χ2n) is 7.71. The number of rotatable bonds is 1. The molecule has 0 saturated carbocycles. The molecule has 128 valence electrons. The van der Waals surface area contributed by atoms with E-state index in [1.54, 1.807) is 11.5 Å². The fourth-order valence-corrected chi connectivity index (χ4v) is 4.34. The van der Waals surface area contributed by atoms with E-state index in [2.05, 4.69) is 83.5 Å². The lowest BCUT2D eigenvalue weighted by Crippen LogP contribution is -2.12. The van der Waals surface area contributed by atoms with Gasteiger partial charge in [0.1, 0.15) is 11.2 Å². The van der Waals surface area contributed by atoms with Crippen LogP contribution in [-0.4, -0.2) is 13.8 Å². The van der Waals surface area contributed by atoms with E-state index in [-0.39, 0.29) is 5.41 Å². The number of benzene rings is 2. The lowest BCUT2D eigenvalue weighted by atomic mass is 9.82. The Kier molecular flexibility index (Phi) is 3.22. The van der Waals surface area contributed by atoms with Gasteiger partial charge >= 0.3 is 0 Å². The first-order valence-corrected chi connectivity index (χ1v) is 9.61. The Morgan fingerprint density at radius 1 is 0.923 bits per heavy atom. The number of hydrogen-bond acceptors (Lipinski definition) is 3. The van der Waals surface area contributed by atoms with Gasteiger partial charge in [-0.2, -0.15) is 0 Å². The standard InChI is InChI=1S/C22H19N3S/c1-22(2,3)17-13-15(12-14-6-4-5-7-16(14)17)18-8-9-19-21(23-18)24-20-10-11-26-25(19)20/h4-13H,1-3H3. The van der Waals surface area contributed by atoms with Crippen LogP contribution in [0.25, 0.3) is 38.8 Å². The SMILES string of the molecule is CC(C)(C)c1cc(-c2ccc3c(n2)nc2ccsn23)cc2ccccc12. The largest absolute Gasteiger partial charge is 0.245 e. The zero-order chi connectivity index (χ0) is 17.9. The molecule has 5 aromatic rings. The molecule has 3 heterocycles. The second kappa shape index (κ2) is 5.39. The van der Waals surface area contributed by atoms with Crippen LogP contribution in [0.2, 0.25) is 0 Å². The normalized spacial score (nSPS) is 12.4. The fraction of sp³-hybridized carbons (Fsp3) is 0.182. The van der Waals surface area contributed by atoms with Gasteiger partial charge < -0.3 is 0 Å². The lowest BCUT2D eigenvalue weighted by molar-refractivity contribution is 0.596. The summed E-state index contributed by atoms with van der Waals surface area (Å²) in [5.41, 5.74) is 6.36. The van der Waals surface area contributed by atoms with Gasteiger partial charge in [0.05, 0.1) is 5.69 Å². The van der Waals surface area contributed by atoms with E-state index in [0.717, 1.165) is 28.1 Å². The lowest BCUT2D eigenvalue weighted by Gasteiger charge is -2.22. The van der Waals surface area contributed by atoms with Gasteiger partial charge in [-0.1, -0.05) is 56.6 Å².